The van der Waals surface area contributed by atoms with Crippen molar-refractivity contribution in [3.63, 3.8) is 0 Å². The van der Waals surface area contributed by atoms with Crippen molar-refractivity contribution in [1.29, 1.82) is 0 Å². The summed E-state index contributed by atoms with van der Waals surface area (Å²) in [6.45, 7) is 1.96. The number of thiazole rings is 1. The van der Waals surface area contributed by atoms with E-state index < -0.39 is 18.1 Å². The van der Waals surface area contributed by atoms with Gasteiger partial charge in [0.15, 0.2) is 6.10 Å². The number of likely N-dealkylation sites (N-methyl/N-ethyl adjacent to an activating group) is 1. The van der Waals surface area contributed by atoms with E-state index in [2.05, 4.69) is 4.98 Å². The summed E-state index contributed by atoms with van der Waals surface area (Å²) >= 11 is 1.27. The molecule has 0 saturated heterocycles. The molecular weight excluding hydrogens is 324 g/mol. The molecule has 0 spiro atoms. The zero-order valence-corrected chi connectivity index (χ0v) is 14.2. The number of aliphatic hydroxyl groups is 2. The van der Waals surface area contributed by atoms with Crippen LogP contribution in [0.4, 0.5) is 5.69 Å². The molecule has 0 saturated carbocycles. The van der Waals surface area contributed by atoms with Crippen molar-refractivity contribution in [3.05, 3.63) is 59.1 Å². The van der Waals surface area contributed by atoms with Gasteiger partial charge in [0.25, 0.3) is 5.91 Å². The van der Waals surface area contributed by atoms with Crippen LogP contribution >= 0.6 is 11.3 Å². The molecule has 0 aliphatic rings. The Morgan fingerprint density at radius 1 is 1.12 bits per heavy atom. The lowest BCUT2D eigenvalue weighted by Crippen LogP contribution is -2.39. The van der Waals surface area contributed by atoms with Crippen LogP contribution in [0, 0.1) is 6.92 Å². The number of benzene rings is 2. The van der Waals surface area contributed by atoms with Gasteiger partial charge in [-0.1, -0.05) is 29.8 Å². The monoisotopic (exact) mass is 342 g/mol. The Morgan fingerprint density at radius 2 is 1.79 bits per heavy atom. The fraction of sp³-hybridized carbons (Fsp3) is 0.222. The third-order valence-corrected chi connectivity index (χ3v) is 4.97. The van der Waals surface area contributed by atoms with Gasteiger partial charge < -0.3 is 15.1 Å². The van der Waals surface area contributed by atoms with E-state index in [1.807, 2.05) is 43.3 Å². The molecule has 124 valence electrons. The smallest absolute Gasteiger partial charge is 0.258 e. The number of aromatic nitrogens is 1. The quantitative estimate of drug-likeness (QED) is 0.764. The predicted molar refractivity (Wildman–Crippen MR) is 95.2 cm³/mol. The average Bonchev–Trinajstić information content (AvgIpc) is 3.04. The second-order valence-corrected chi connectivity index (χ2v) is 6.70. The van der Waals surface area contributed by atoms with Gasteiger partial charge in [0.05, 0.1) is 10.2 Å². The maximum atomic E-state index is 12.5. The van der Waals surface area contributed by atoms with Crippen LogP contribution in [0.2, 0.25) is 0 Å². The Balaban J connectivity index is 1.80. The number of rotatable bonds is 4. The number of para-hydroxylation sites is 1. The third-order valence-electron chi connectivity index (χ3n) is 3.87. The highest BCUT2D eigenvalue weighted by molar-refractivity contribution is 7.18. The summed E-state index contributed by atoms with van der Waals surface area (Å²) in [6.07, 6.45) is -2.93. The van der Waals surface area contributed by atoms with E-state index >= 15 is 0 Å². The topological polar surface area (TPSA) is 73.7 Å². The first kappa shape index (κ1) is 16.6. The largest absolute Gasteiger partial charge is 0.383 e. The number of aliphatic hydroxyl groups excluding tert-OH is 2. The summed E-state index contributed by atoms with van der Waals surface area (Å²) in [5.74, 6) is -0.578. The molecule has 3 rings (SSSR count). The van der Waals surface area contributed by atoms with Crippen LogP contribution < -0.4 is 4.90 Å². The van der Waals surface area contributed by atoms with Gasteiger partial charge in [-0.25, -0.2) is 4.98 Å². The zero-order valence-electron chi connectivity index (χ0n) is 13.4. The maximum absolute atomic E-state index is 12.5. The number of carbonyl (C=O) groups excluding carboxylic acids is 1. The van der Waals surface area contributed by atoms with Crippen molar-refractivity contribution in [2.45, 2.75) is 19.1 Å². The number of nitrogens with zero attached hydrogens (tertiary/aromatic N) is 2. The van der Waals surface area contributed by atoms with E-state index in [9.17, 15) is 15.0 Å². The Labute approximate surface area is 143 Å². The number of hydrogen-bond acceptors (Lipinski definition) is 5. The molecule has 0 aliphatic carbocycles. The summed E-state index contributed by atoms with van der Waals surface area (Å²) in [7, 11) is 1.57. The second-order valence-electron chi connectivity index (χ2n) is 5.64. The molecule has 0 radical (unpaired) electrons. The normalized spacial score (nSPS) is 13.7. The highest BCUT2D eigenvalue weighted by Crippen LogP contribution is 2.29. The minimum absolute atomic E-state index is 0.328. The number of hydrogen-bond donors (Lipinski definition) is 2. The molecule has 2 N–H and O–H groups in total. The van der Waals surface area contributed by atoms with Crippen molar-refractivity contribution >= 4 is 33.1 Å². The molecule has 2 unspecified atom stereocenters. The molecule has 5 nitrogen and oxygen atoms in total. The van der Waals surface area contributed by atoms with Crippen LogP contribution in [0.15, 0.2) is 48.5 Å². The van der Waals surface area contributed by atoms with Crippen LogP contribution in [0.25, 0.3) is 10.2 Å². The highest BCUT2D eigenvalue weighted by atomic mass is 32.1. The lowest BCUT2D eigenvalue weighted by Gasteiger charge is -2.23. The van der Waals surface area contributed by atoms with E-state index in [4.69, 9.17) is 0 Å². The van der Waals surface area contributed by atoms with Gasteiger partial charge in [-0.15, -0.1) is 11.3 Å². The molecule has 1 heterocycles. The van der Waals surface area contributed by atoms with E-state index in [0.29, 0.717) is 10.7 Å². The molecule has 0 fully saturated rings. The van der Waals surface area contributed by atoms with Gasteiger partial charge in [-0.3, -0.25) is 4.79 Å². The fourth-order valence-electron chi connectivity index (χ4n) is 2.38. The standard InChI is InChI=1S/C18H18N2O3S/c1-11-7-9-12(10-8-11)20(2)18(23)16(22)15(21)17-19-13-5-3-4-6-14(13)24-17/h3-10,15-16,21-22H,1-2H3. The minimum Gasteiger partial charge on any atom is -0.383 e. The maximum Gasteiger partial charge on any atom is 0.258 e. The predicted octanol–water partition coefficient (Wildman–Crippen LogP) is 2.66. The average molecular weight is 342 g/mol. The summed E-state index contributed by atoms with van der Waals surface area (Å²) in [5, 5.41) is 21.0. The summed E-state index contributed by atoms with van der Waals surface area (Å²) in [5.41, 5.74) is 2.47. The van der Waals surface area contributed by atoms with Crippen LogP contribution in [-0.4, -0.2) is 34.3 Å². The first-order valence-electron chi connectivity index (χ1n) is 7.53. The van der Waals surface area contributed by atoms with Crippen LogP contribution in [0.3, 0.4) is 0 Å². The van der Waals surface area contributed by atoms with Gasteiger partial charge >= 0.3 is 0 Å². The van der Waals surface area contributed by atoms with Gasteiger partial charge in [-0.2, -0.15) is 0 Å². The molecule has 2 atom stereocenters. The minimum atomic E-state index is -1.57. The van der Waals surface area contributed by atoms with E-state index in [1.54, 1.807) is 19.2 Å². The SMILES string of the molecule is Cc1ccc(N(C)C(=O)C(O)C(O)c2nc3ccccc3s2)cc1. The fourth-order valence-corrected chi connectivity index (χ4v) is 3.36. The highest BCUT2D eigenvalue weighted by Gasteiger charge is 2.31. The second kappa shape index (κ2) is 6.68. The Kier molecular flexibility index (Phi) is 4.62. The summed E-state index contributed by atoms with van der Waals surface area (Å²) in [4.78, 5) is 18.1. The van der Waals surface area contributed by atoms with Gasteiger partial charge in [0.1, 0.15) is 11.1 Å². The van der Waals surface area contributed by atoms with Crippen LogP contribution in [0.1, 0.15) is 16.7 Å². The Hall–Kier alpha value is -2.28. The molecule has 1 amide bonds. The molecule has 0 bridgehead atoms. The van der Waals surface area contributed by atoms with Crippen molar-refractivity contribution in [2.24, 2.45) is 0 Å². The van der Waals surface area contributed by atoms with Crippen molar-refractivity contribution in [1.82, 2.24) is 4.98 Å². The lowest BCUT2D eigenvalue weighted by molar-refractivity contribution is -0.132. The van der Waals surface area contributed by atoms with E-state index in [1.165, 1.54) is 16.2 Å². The van der Waals surface area contributed by atoms with Crippen LogP contribution in [0.5, 0.6) is 0 Å². The Morgan fingerprint density at radius 3 is 2.46 bits per heavy atom. The molecule has 6 heteroatoms. The van der Waals surface area contributed by atoms with Crippen molar-refractivity contribution in [2.75, 3.05) is 11.9 Å². The third kappa shape index (κ3) is 3.17. The zero-order chi connectivity index (χ0) is 17.3. The molecule has 24 heavy (non-hydrogen) atoms. The number of fused-ring (bicyclic) bond motifs is 1. The molecule has 1 aromatic heterocycles. The number of carbonyl (C=O) groups is 1. The number of anilines is 1. The number of aryl methyl sites for hydroxylation is 1. The Bertz CT molecular complexity index is 827. The molecule has 3 aromatic rings. The van der Waals surface area contributed by atoms with Crippen molar-refractivity contribution < 1.29 is 15.0 Å². The van der Waals surface area contributed by atoms with E-state index in [0.717, 1.165) is 15.8 Å². The molecular formula is C18H18N2O3S. The lowest BCUT2D eigenvalue weighted by atomic mass is 10.1. The van der Waals surface area contributed by atoms with Crippen molar-refractivity contribution in [3.8, 4) is 0 Å². The molecule has 2 aromatic carbocycles. The first-order chi connectivity index (χ1) is 11.5. The number of amides is 1. The van der Waals surface area contributed by atoms with Crippen LogP contribution in [-0.2, 0) is 4.79 Å². The summed E-state index contributed by atoms with van der Waals surface area (Å²) < 4.78 is 0.901. The molecule has 0 aliphatic heterocycles. The summed E-state index contributed by atoms with van der Waals surface area (Å²) in [6, 6.07) is 14.8. The van der Waals surface area contributed by atoms with Gasteiger partial charge in [-0.05, 0) is 31.2 Å². The first-order valence-corrected chi connectivity index (χ1v) is 8.35. The van der Waals surface area contributed by atoms with Gasteiger partial charge in [0.2, 0.25) is 0 Å². The van der Waals surface area contributed by atoms with E-state index in [-0.39, 0.29) is 0 Å². The van der Waals surface area contributed by atoms with Gasteiger partial charge in [0, 0.05) is 12.7 Å².